The first kappa shape index (κ1) is 14.0. The lowest BCUT2D eigenvalue weighted by atomic mass is 9.84. The van der Waals surface area contributed by atoms with Gasteiger partial charge in [-0.1, -0.05) is 6.42 Å². The summed E-state index contributed by atoms with van der Waals surface area (Å²) in [7, 11) is 0. The predicted octanol–water partition coefficient (Wildman–Crippen LogP) is 2.92. The highest BCUT2D eigenvalue weighted by atomic mass is 32.1. The molecule has 4 rings (SSSR count). The zero-order valence-corrected chi connectivity index (χ0v) is 13.5. The van der Waals surface area contributed by atoms with Gasteiger partial charge in [-0.15, -0.1) is 11.3 Å². The molecule has 0 bridgehead atoms. The molecule has 0 radical (unpaired) electrons. The highest BCUT2D eigenvalue weighted by Crippen LogP contribution is 2.34. The van der Waals surface area contributed by atoms with Gasteiger partial charge in [-0.2, -0.15) is 0 Å². The Morgan fingerprint density at radius 2 is 2.05 bits per heavy atom. The van der Waals surface area contributed by atoms with Crippen LogP contribution in [0.1, 0.15) is 43.8 Å². The van der Waals surface area contributed by atoms with Gasteiger partial charge in [-0.3, -0.25) is 4.90 Å². The molecule has 2 saturated heterocycles. The standard InChI is InChI=1S/C16H25N3OS/c1-2-7-18(6-1)16-17-14(12-21-16)15-11-20-9-8-19(15)10-13-4-3-5-13/h12-13,15H,1-11H2. The number of nitrogens with zero attached hydrogens (tertiary/aromatic N) is 3. The average Bonchev–Trinajstić information content (AvgIpc) is 3.13. The van der Waals surface area contributed by atoms with Crippen LogP contribution < -0.4 is 4.90 Å². The summed E-state index contributed by atoms with van der Waals surface area (Å²) in [6, 6.07) is 0.381. The van der Waals surface area contributed by atoms with Gasteiger partial charge < -0.3 is 9.64 Å². The van der Waals surface area contributed by atoms with E-state index in [2.05, 4.69) is 15.2 Å². The summed E-state index contributed by atoms with van der Waals surface area (Å²) in [5.74, 6) is 0.919. The number of hydrogen-bond acceptors (Lipinski definition) is 5. The lowest BCUT2D eigenvalue weighted by Crippen LogP contribution is -2.43. The number of rotatable bonds is 4. The molecule has 3 heterocycles. The van der Waals surface area contributed by atoms with Crippen LogP contribution in [-0.2, 0) is 4.74 Å². The number of anilines is 1. The van der Waals surface area contributed by atoms with Crippen molar-refractivity contribution >= 4 is 16.5 Å². The molecule has 5 heteroatoms. The second kappa shape index (κ2) is 6.23. The summed E-state index contributed by atoms with van der Waals surface area (Å²) in [5.41, 5.74) is 1.24. The van der Waals surface area contributed by atoms with Gasteiger partial charge in [0.05, 0.1) is 24.9 Å². The van der Waals surface area contributed by atoms with Crippen molar-refractivity contribution in [1.29, 1.82) is 0 Å². The summed E-state index contributed by atoms with van der Waals surface area (Å²) in [4.78, 5) is 10.00. The quantitative estimate of drug-likeness (QED) is 0.855. The first-order valence-electron chi connectivity index (χ1n) is 8.42. The van der Waals surface area contributed by atoms with Crippen molar-refractivity contribution in [1.82, 2.24) is 9.88 Å². The third-order valence-electron chi connectivity index (χ3n) is 5.18. The normalized spacial score (nSPS) is 28.0. The van der Waals surface area contributed by atoms with Crippen molar-refractivity contribution in [2.24, 2.45) is 5.92 Å². The second-order valence-electron chi connectivity index (χ2n) is 6.63. The summed E-state index contributed by atoms with van der Waals surface area (Å²) in [5, 5.41) is 3.48. The maximum atomic E-state index is 5.74. The zero-order valence-electron chi connectivity index (χ0n) is 12.7. The average molecular weight is 307 g/mol. The van der Waals surface area contributed by atoms with Crippen molar-refractivity contribution in [3.63, 3.8) is 0 Å². The smallest absolute Gasteiger partial charge is 0.185 e. The highest BCUT2D eigenvalue weighted by Gasteiger charge is 2.30. The van der Waals surface area contributed by atoms with Gasteiger partial charge in [0.1, 0.15) is 0 Å². The van der Waals surface area contributed by atoms with E-state index in [1.807, 2.05) is 11.3 Å². The van der Waals surface area contributed by atoms with E-state index < -0.39 is 0 Å². The Hall–Kier alpha value is -0.650. The van der Waals surface area contributed by atoms with Crippen LogP contribution in [0.3, 0.4) is 0 Å². The van der Waals surface area contributed by atoms with Gasteiger partial charge in [0, 0.05) is 31.6 Å². The molecule has 1 aromatic rings. The van der Waals surface area contributed by atoms with E-state index in [-0.39, 0.29) is 0 Å². The minimum atomic E-state index is 0.381. The molecule has 1 atom stereocenters. The Balaban J connectivity index is 1.46. The molecule has 3 fully saturated rings. The molecular formula is C16H25N3OS. The van der Waals surface area contributed by atoms with Gasteiger partial charge in [0.2, 0.25) is 0 Å². The number of ether oxygens (including phenoxy) is 1. The molecular weight excluding hydrogens is 282 g/mol. The number of morpholine rings is 1. The Labute approximate surface area is 131 Å². The molecule has 2 aliphatic heterocycles. The van der Waals surface area contributed by atoms with Crippen LogP contribution in [0, 0.1) is 5.92 Å². The fraction of sp³-hybridized carbons (Fsp3) is 0.812. The first-order chi connectivity index (χ1) is 10.4. The van der Waals surface area contributed by atoms with Gasteiger partial charge in [-0.25, -0.2) is 4.98 Å². The van der Waals surface area contributed by atoms with Crippen LogP contribution in [0.2, 0.25) is 0 Å². The van der Waals surface area contributed by atoms with Crippen molar-refractivity contribution in [2.75, 3.05) is 44.3 Å². The van der Waals surface area contributed by atoms with Gasteiger partial charge >= 0.3 is 0 Å². The molecule has 4 nitrogen and oxygen atoms in total. The Morgan fingerprint density at radius 3 is 2.81 bits per heavy atom. The van der Waals surface area contributed by atoms with Gasteiger partial charge in [-0.05, 0) is 31.6 Å². The monoisotopic (exact) mass is 307 g/mol. The Bertz CT molecular complexity index is 468. The molecule has 1 aliphatic carbocycles. The molecule has 0 aromatic carbocycles. The van der Waals surface area contributed by atoms with E-state index >= 15 is 0 Å². The first-order valence-corrected chi connectivity index (χ1v) is 9.30. The van der Waals surface area contributed by atoms with E-state index in [9.17, 15) is 0 Å². The number of hydrogen-bond donors (Lipinski definition) is 0. The molecule has 0 amide bonds. The van der Waals surface area contributed by atoms with Crippen LogP contribution in [0.4, 0.5) is 5.13 Å². The summed E-state index contributed by atoms with van der Waals surface area (Å²) >= 11 is 1.81. The minimum absolute atomic E-state index is 0.381. The zero-order chi connectivity index (χ0) is 14.1. The number of thiazole rings is 1. The highest BCUT2D eigenvalue weighted by molar-refractivity contribution is 7.13. The largest absolute Gasteiger partial charge is 0.378 e. The molecule has 0 spiro atoms. The molecule has 21 heavy (non-hydrogen) atoms. The second-order valence-corrected chi connectivity index (χ2v) is 7.47. The summed E-state index contributed by atoms with van der Waals surface area (Å²) < 4.78 is 5.74. The molecule has 1 saturated carbocycles. The topological polar surface area (TPSA) is 28.6 Å². The van der Waals surface area contributed by atoms with Crippen LogP contribution in [0.25, 0.3) is 0 Å². The summed E-state index contributed by atoms with van der Waals surface area (Å²) in [6.07, 6.45) is 6.89. The van der Waals surface area contributed by atoms with E-state index in [0.717, 1.165) is 25.7 Å². The van der Waals surface area contributed by atoms with Crippen molar-refractivity contribution < 1.29 is 4.74 Å². The van der Waals surface area contributed by atoms with E-state index in [0.29, 0.717) is 6.04 Å². The third kappa shape index (κ3) is 2.96. The van der Waals surface area contributed by atoms with Crippen LogP contribution in [0.15, 0.2) is 5.38 Å². The lowest BCUT2D eigenvalue weighted by Gasteiger charge is -2.39. The maximum Gasteiger partial charge on any atom is 0.185 e. The van der Waals surface area contributed by atoms with E-state index in [1.54, 1.807) is 0 Å². The SMILES string of the molecule is c1sc(N2CCCC2)nc1C1COCCN1CC1CCC1. The van der Waals surface area contributed by atoms with Gasteiger partial charge in [0.25, 0.3) is 0 Å². The summed E-state index contributed by atoms with van der Waals surface area (Å²) in [6.45, 7) is 6.37. The van der Waals surface area contributed by atoms with E-state index in [4.69, 9.17) is 9.72 Å². The van der Waals surface area contributed by atoms with Crippen LogP contribution in [0.5, 0.6) is 0 Å². The van der Waals surface area contributed by atoms with Crippen LogP contribution >= 0.6 is 11.3 Å². The predicted molar refractivity (Wildman–Crippen MR) is 86.0 cm³/mol. The van der Waals surface area contributed by atoms with Crippen LogP contribution in [-0.4, -0.2) is 49.3 Å². The number of aromatic nitrogens is 1. The fourth-order valence-corrected chi connectivity index (χ4v) is 4.54. The molecule has 3 aliphatic rings. The maximum absolute atomic E-state index is 5.74. The minimum Gasteiger partial charge on any atom is -0.378 e. The molecule has 1 unspecified atom stereocenters. The van der Waals surface area contributed by atoms with Crippen molar-refractivity contribution in [3.05, 3.63) is 11.1 Å². The molecule has 1 aromatic heterocycles. The Morgan fingerprint density at radius 1 is 1.19 bits per heavy atom. The van der Waals surface area contributed by atoms with Gasteiger partial charge in [0.15, 0.2) is 5.13 Å². The molecule has 116 valence electrons. The van der Waals surface area contributed by atoms with E-state index in [1.165, 1.54) is 62.6 Å². The third-order valence-corrected chi connectivity index (χ3v) is 6.10. The molecule has 0 N–H and O–H groups in total. The fourth-order valence-electron chi connectivity index (χ4n) is 3.62. The van der Waals surface area contributed by atoms with Crippen molar-refractivity contribution in [2.45, 2.75) is 38.1 Å². The van der Waals surface area contributed by atoms with Crippen molar-refractivity contribution in [3.8, 4) is 0 Å². The lowest BCUT2D eigenvalue weighted by molar-refractivity contribution is -0.0221. The Kier molecular flexibility index (Phi) is 4.14.